The number of rotatable bonds is 1. The van der Waals surface area contributed by atoms with E-state index in [4.69, 9.17) is 0 Å². The van der Waals surface area contributed by atoms with Gasteiger partial charge in [0.1, 0.15) is 0 Å². The molecule has 0 unspecified atom stereocenters. The van der Waals surface area contributed by atoms with Crippen molar-refractivity contribution in [2.45, 2.75) is 45.6 Å². The maximum atomic E-state index is 10.7. The molecule has 0 bridgehead atoms. The minimum absolute atomic E-state index is 0.275. The van der Waals surface area contributed by atoms with Crippen LogP contribution < -0.4 is 0 Å². The van der Waals surface area contributed by atoms with E-state index in [1.807, 2.05) is 12.1 Å². The minimum Gasteiger partial charge on any atom is -0.385 e. The normalized spacial score (nSPS) is 29.3. The monoisotopic (exact) mass is 204 g/mol. The second-order valence-electron chi connectivity index (χ2n) is 5.69. The molecule has 0 saturated heterocycles. The van der Waals surface area contributed by atoms with Gasteiger partial charge in [-0.3, -0.25) is 0 Å². The van der Waals surface area contributed by atoms with E-state index < -0.39 is 5.60 Å². The molecule has 1 saturated carbocycles. The Bertz CT molecular complexity index is 367. The van der Waals surface area contributed by atoms with Crippen molar-refractivity contribution in [3.63, 3.8) is 0 Å². The summed E-state index contributed by atoms with van der Waals surface area (Å²) in [4.78, 5) is 0. The fraction of sp³-hybridized carbons (Fsp3) is 0.571. The van der Waals surface area contributed by atoms with E-state index in [0.717, 1.165) is 24.8 Å². The smallest absolute Gasteiger partial charge is 0.0904 e. The van der Waals surface area contributed by atoms with Crippen LogP contribution in [-0.2, 0) is 5.60 Å². The van der Waals surface area contributed by atoms with Gasteiger partial charge in [-0.25, -0.2) is 0 Å². The van der Waals surface area contributed by atoms with E-state index in [2.05, 4.69) is 32.9 Å². The van der Waals surface area contributed by atoms with Crippen LogP contribution in [0.2, 0.25) is 0 Å². The molecule has 1 aromatic rings. The van der Waals surface area contributed by atoms with Gasteiger partial charge in [0.05, 0.1) is 5.60 Å². The highest BCUT2D eigenvalue weighted by molar-refractivity contribution is 5.32. The molecule has 1 fully saturated rings. The van der Waals surface area contributed by atoms with Crippen LogP contribution in [0.1, 0.15) is 44.2 Å². The van der Waals surface area contributed by atoms with Crippen molar-refractivity contribution < 1.29 is 5.11 Å². The summed E-state index contributed by atoms with van der Waals surface area (Å²) in [6.07, 6.45) is 2.88. The second-order valence-corrected chi connectivity index (χ2v) is 5.69. The maximum Gasteiger partial charge on any atom is 0.0904 e. The molecule has 82 valence electrons. The molecule has 1 atom stereocenters. The summed E-state index contributed by atoms with van der Waals surface area (Å²) in [7, 11) is 0. The molecule has 0 radical (unpaired) electrons. The Balaban J connectivity index is 2.36. The molecule has 1 aliphatic rings. The molecule has 1 heteroatoms. The van der Waals surface area contributed by atoms with Crippen molar-refractivity contribution in [2.24, 2.45) is 5.41 Å². The number of aliphatic hydroxyl groups is 1. The minimum atomic E-state index is -0.588. The fourth-order valence-electron chi connectivity index (χ4n) is 2.84. The van der Waals surface area contributed by atoms with Crippen molar-refractivity contribution in [2.75, 3.05) is 0 Å². The molecule has 1 nitrogen and oxygen atoms in total. The second kappa shape index (κ2) is 3.34. The van der Waals surface area contributed by atoms with Gasteiger partial charge in [0.2, 0.25) is 0 Å². The van der Waals surface area contributed by atoms with E-state index >= 15 is 0 Å². The Labute approximate surface area is 92.1 Å². The summed E-state index contributed by atoms with van der Waals surface area (Å²) in [5.41, 5.74) is 2.01. The van der Waals surface area contributed by atoms with Gasteiger partial charge in [0, 0.05) is 0 Å². The van der Waals surface area contributed by atoms with Crippen molar-refractivity contribution in [3.8, 4) is 0 Å². The van der Waals surface area contributed by atoms with Crippen molar-refractivity contribution in [3.05, 3.63) is 35.4 Å². The molecular formula is C14H20O. The number of hydrogen-bond acceptors (Lipinski definition) is 1. The summed E-state index contributed by atoms with van der Waals surface area (Å²) >= 11 is 0. The molecule has 0 heterocycles. The summed E-state index contributed by atoms with van der Waals surface area (Å²) in [6, 6.07) is 8.20. The highest BCUT2D eigenvalue weighted by atomic mass is 16.3. The number of hydrogen-bond donors (Lipinski definition) is 1. The summed E-state index contributed by atoms with van der Waals surface area (Å²) in [6.45, 7) is 6.56. The van der Waals surface area contributed by atoms with Gasteiger partial charge in [-0.05, 0) is 42.7 Å². The standard InChI is InChI=1S/C14H20O/c1-11-6-4-5-7-12(11)14(15)9-8-13(2,3)10-14/h4-7,15H,8-10H2,1-3H3/t14-/m1/s1. The van der Waals surface area contributed by atoms with Crippen LogP contribution >= 0.6 is 0 Å². The molecule has 0 aliphatic heterocycles. The fourth-order valence-corrected chi connectivity index (χ4v) is 2.84. The van der Waals surface area contributed by atoms with Crippen LogP contribution in [0.15, 0.2) is 24.3 Å². The highest BCUT2D eigenvalue weighted by Gasteiger charge is 2.43. The van der Waals surface area contributed by atoms with Gasteiger partial charge in [0.15, 0.2) is 0 Å². The van der Waals surface area contributed by atoms with Gasteiger partial charge in [-0.15, -0.1) is 0 Å². The Morgan fingerprint density at radius 3 is 2.33 bits per heavy atom. The first-order chi connectivity index (χ1) is 6.93. The van der Waals surface area contributed by atoms with E-state index in [1.165, 1.54) is 5.56 Å². The van der Waals surface area contributed by atoms with Crippen LogP contribution in [-0.4, -0.2) is 5.11 Å². The Morgan fingerprint density at radius 2 is 1.80 bits per heavy atom. The largest absolute Gasteiger partial charge is 0.385 e. The molecule has 15 heavy (non-hydrogen) atoms. The SMILES string of the molecule is Cc1ccccc1[C@@]1(O)CCC(C)(C)C1. The Morgan fingerprint density at radius 1 is 1.13 bits per heavy atom. The van der Waals surface area contributed by atoms with Gasteiger partial charge in [0.25, 0.3) is 0 Å². The highest BCUT2D eigenvalue weighted by Crippen LogP contribution is 2.49. The average Bonchev–Trinajstić information content (AvgIpc) is 2.42. The van der Waals surface area contributed by atoms with Crippen LogP contribution in [0.4, 0.5) is 0 Å². The van der Waals surface area contributed by atoms with Gasteiger partial charge in [-0.1, -0.05) is 38.1 Å². The third-order valence-corrected chi connectivity index (χ3v) is 3.63. The predicted molar refractivity (Wildman–Crippen MR) is 62.7 cm³/mol. The third-order valence-electron chi connectivity index (χ3n) is 3.63. The molecule has 1 aliphatic carbocycles. The van der Waals surface area contributed by atoms with Crippen LogP contribution in [0.25, 0.3) is 0 Å². The Hall–Kier alpha value is -0.820. The molecular weight excluding hydrogens is 184 g/mol. The molecule has 0 amide bonds. The zero-order valence-corrected chi connectivity index (χ0v) is 9.88. The third kappa shape index (κ3) is 1.93. The quantitative estimate of drug-likeness (QED) is 0.743. The number of aryl methyl sites for hydroxylation is 1. The average molecular weight is 204 g/mol. The van der Waals surface area contributed by atoms with E-state index in [-0.39, 0.29) is 5.41 Å². The van der Waals surface area contributed by atoms with E-state index in [0.29, 0.717) is 0 Å². The Kier molecular flexibility index (Phi) is 2.38. The van der Waals surface area contributed by atoms with Crippen molar-refractivity contribution in [1.29, 1.82) is 0 Å². The summed E-state index contributed by atoms with van der Waals surface area (Å²) < 4.78 is 0. The molecule has 2 rings (SSSR count). The summed E-state index contributed by atoms with van der Waals surface area (Å²) in [5, 5.41) is 10.7. The molecule has 0 spiro atoms. The van der Waals surface area contributed by atoms with Crippen molar-refractivity contribution in [1.82, 2.24) is 0 Å². The van der Waals surface area contributed by atoms with Gasteiger partial charge < -0.3 is 5.11 Å². The lowest BCUT2D eigenvalue weighted by molar-refractivity contribution is 0.0332. The topological polar surface area (TPSA) is 20.2 Å². The molecule has 0 aromatic heterocycles. The zero-order valence-electron chi connectivity index (χ0n) is 9.88. The maximum absolute atomic E-state index is 10.7. The van der Waals surface area contributed by atoms with E-state index in [1.54, 1.807) is 0 Å². The van der Waals surface area contributed by atoms with Crippen LogP contribution in [0, 0.1) is 12.3 Å². The lowest BCUT2D eigenvalue weighted by Gasteiger charge is -2.27. The molecule has 1 aromatic carbocycles. The predicted octanol–water partition coefficient (Wildman–Crippen LogP) is 3.39. The van der Waals surface area contributed by atoms with Gasteiger partial charge in [-0.2, -0.15) is 0 Å². The van der Waals surface area contributed by atoms with E-state index in [9.17, 15) is 5.11 Å². The lowest BCUT2D eigenvalue weighted by Crippen LogP contribution is -2.24. The van der Waals surface area contributed by atoms with Crippen LogP contribution in [0.3, 0.4) is 0 Å². The first-order valence-electron chi connectivity index (χ1n) is 5.72. The first kappa shape index (κ1) is 10.7. The van der Waals surface area contributed by atoms with Crippen molar-refractivity contribution >= 4 is 0 Å². The molecule has 1 N–H and O–H groups in total. The zero-order chi connectivity index (χ0) is 11.1. The lowest BCUT2D eigenvalue weighted by atomic mass is 9.84. The summed E-state index contributed by atoms with van der Waals surface area (Å²) in [5.74, 6) is 0. The van der Waals surface area contributed by atoms with Crippen LogP contribution in [0.5, 0.6) is 0 Å². The first-order valence-corrected chi connectivity index (χ1v) is 5.72. The number of benzene rings is 1. The van der Waals surface area contributed by atoms with Gasteiger partial charge >= 0.3 is 0 Å².